The molecular weight excluding hydrogens is 362 g/mol. The molecule has 142 valence electrons. The first-order chi connectivity index (χ1) is 13.3. The Balaban J connectivity index is 1.61. The average Bonchev–Trinajstić information content (AvgIpc) is 3.19. The van der Waals surface area contributed by atoms with Crippen molar-refractivity contribution in [2.75, 3.05) is 4.90 Å². The topological polar surface area (TPSA) is 102 Å². The maximum absolute atomic E-state index is 13.1. The molecule has 1 spiro atoms. The lowest BCUT2D eigenvalue weighted by molar-refractivity contribution is -0.384. The molecule has 2 aromatic carbocycles. The first-order valence-electron chi connectivity index (χ1n) is 8.75. The molecule has 1 fully saturated rings. The average molecular weight is 379 g/mol. The first kappa shape index (κ1) is 17.8. The third kappa shape index (κ3) is 2.74. The zero-order valence-electron chi connectivity index (χ0n) is 15.3. The van der Waals surface area contributed by atoms with Crippen LogP contribution in [-0.2, 0) is 14.4 Å². The van der Waals surface area contributed by atoms with Crippen molar-refractivity contribution < 1.29 is 19.3 Å². The normalized spacial score (nSPS) is 21.2. The van der Waals surface area contributed by atoms with Crippen molar-refractivity contribution in [3.05, 3.63) is 69.3 Å². The number of nitro benzene ring substituents is 1. The summed E-state index contributed by atoms with van der Waals surface area (Å²) in [5, 5.41) is 15.0. The lowest BCUT2D eigenvalue weighted by Gasteiger charge is -2.20. The molecule has 0 saturated carbocycles. The number of rotatable bonds is 3. The number of imide groups is 1. The van der Waals surface area contributed by atoms with Gasteiger partial charge in [0, 0.05) is 24.1 Å². The maximum Gasteiger partial charge on any atom is 0.281 e. The van der Waals surface area contributed by atoms with E-state index in [-0.39, 0.29) is 24.4 Å². The van der Waals surface area contributed by atoms with Crippen LogP contribution in [0.3, 0.4) is 0 Å². The van der Waals surface area contributed by atoms with Gasteiger partial charge in [-0.1, -0.05) is 23.4 Å². The summed E-state index contributed by atoms with van der Waals surface area (Å²) in [7, 11) is 0. The van der Waals surface area contributed by atoms with Gasteiger partial charge in [0.15, 0.2) is 0 Å². The predicted molar refractivity (Wildman–Crippen MR) is 101 cm³/mol. The van der Waals surface area contributed by atoms with E-state index >= 15 is 0 Å². The highest BCUT2D eigenvalue weighted by Crippen LogP contribution is 2.39. The van der Waals surface area contributed by atoms with Crippen LogP contribution in [-0.4, -0.2) is 28.1 Å². The zero-order chi connectivity index (χ0) is 20.1. The molecule has 0 N–H and O–H groups in total. The fourth-order valence-corrected chi connectivity index (χ4v) is 3.48. The van der Waals surface area contributed by atoms with Gasteiger partial charge in [-0.2, -0.15) is 0 Å². The van der Waals surface area contributed by atoms with Gasteiger partial charge in [0.05, 0.1) is 22.7 Å². The number of oxime groups is 1. The van der Waals surface area contributed by atoms with Crippen molar-refractivity contribution in [3.8, 4) is 0 Å². The van der Waals surface area contributed by atoms with Gasteiger partial charge in [0.1, 0.15) is 0 Å². The second kappa shape index (κ2) is 6.26. The summed E-state index contributed by atoms with van der Waals surface area (Å²) < 4.78 is 0. The highest BCUT2D eigenvalue weighted by atomic mass is 16.7. The molecule has 2 amide bonds. The summed E-state index contributed by atoms with van der Waals surface area (Å²) in [6.07, 6.45) is -0.0409. The molecule has 2 aliphatic heterocycles. The molecule has 0 radical (unpaired) electrons. The van der Waals surface area contributed by atoms with Gasteiger partial charge in [-0.15, -0.1) is 0 Å². The van der Waals surface area contributed by atoms with Crippen molar-refractivity contribution in [1.29, 1.82) is 0 Å². The highest BCUT2D eigenvalue weighted by Gasteiger charge is 2.58. The Morgan fingerprint density at radius 1 is 1.11 bits per heavy atom. The SMILES string of the molecule is Cc1ccc(N2C(=O)CC3(CC(c4cccc([N+](=O)[O-])c4)=NO3)C2=O)cc1C. The van der Waals surface area contributed by atoms with E-state index in [4.69, 9.17) is 4.84 Å². The smallest absolute Gasteiger partial charge is 0.281 e. The molecular formula is C20H17N3O5. The van der Waals surface area contributed by atoms with E-state index < -0.39 is 16.4 Å². The van der Waals surface area contributed by atoms with Gasteiger partial charge in [0.2, 0.25) is 11.5 Å². The van der Waals surface area contributed by atoms with E-state index in [1.54, 1.807) is 24.3 Å². The fraction of sp³-hybridized carbons (Fsp3) is 0.250. The van der Waals surface area contributed by atoms with Crippen LogP contribution in [0.1, 0.15) is 29.5 Å². The van der Waals surface area contributed by atoms with Crippen molar-refractivity contribution >= 4 is 28.9 Å². The summed E-state index contributed by atoms with van der Waals surface area (Å²) in [6, 6.07) is 11.3. The van der Waals surface area contributed by atoms with E-state index in [2.05, 4.69) is 5.16 Å². The Kier molecular flexibility index (Phi) is 3.99. The summed E-state index contributed by atoms with van der Waals surface area (Å²) in [5.41, 5.74) is 1.97. The minimum absolute atomic E-state index is 0.0771. The lowest BCUT2D eigenvalue weighted by atomic mass is 9.92. The zero-order valence-corrected chi connectivity index (χ0v) is 15.3. The Bertz CT molecular complexity index is 1060. The summed E-state index contributed by atoms with van der Waals surface area (Å²) >= 11 is 0. The van der Waals surface area contributed by atoms with E-state index in [1.165, 1.54) is 12.1 Å². The largest absolute Gasteiger partial charge is 0.378 e. The molecule has 1 unspecified atom stereocenters. The monoisotopic (exact) mass is 379 g/mol. The van der Waals surface area contributed by atoms with E-state index in [1.807, 2.05) is 19.9 Å². The van der Waals surface area contributed by atoms with Crippen molar-refractivity contribution in [3.63, 3.8) is 0 Å². The molecule has 0 bridgehead atoms. The number of hydrogen-bond donors (Lipinski definition) is 0. The molecule has 8 heteroatoms. The number of aryl methyl sites for hydroxylation is 2. The molecule has 4 rings (SSSR count). The van der Waals surface area contributed by atoms with Gasteiger partial charge < -0.3 is 4.84 Å². The fourth-order valence-electron chi connectivity index (χ4n) is 3.48. The predicted octanol–water partition coefficient (Wildman–Crippen LogP) is 3.04. The van der Waals surface area contributed by atoms with Crippen LogP contribution in [0, 0.1) is 24.0 Å². The van der Waals surface area contributed by atoms with Crippen LogP contribution in [0.15, 0.2) is 47.6 Å². The molecule has 2 aromatic rings. The minimum atomic E-state index is -1.39. The van der Waals surface area contributed by atoms with Crippen molar-refractivity contribution in [2.45, 2.75) is 32.3 Å². The van der Waals surface area contributed by atoms with Gasteiger partial charge in [-0.25, -0.2) is 4.90 Å². The molecule has 0 aromatic heterocycles. The van der Waals surface area contributed by atoms with Crippen LogP contribution in [0.5, 0.6) is 0 Å². The second-order valence-electron chi connectivity index (χ2n) is 7.09. The molecule has 2 aliphatic rings. The summed E-state index contributed by atoms with van der Waals surface area (Å²) in [5.74, 6) is -0.825. The number of benzene rings is 2. The van der Waals surface area contributed by atoms with Crippen molar-refractivity contribution in [2.24, 2.45) is 5.16 Å². The van der Waals surface area contributed by atoms with Gasteiger partial charge in [-0.05, 0) is 37.1 Å². The number of amides is 2. The number of anilines is 1. The third-order valence-electron chi connectivity index (χ3n) is 5.20. The molecule has 0 aliphatic carbocycles. The maximum atomic E-state index is 13.1. The minimum Gasteiger partial charge on any atom is -0.378 e. The molecule has 2 heterocycles. The number of nitro groups is 1. The molecule has 8 nitrogen and oxygen atoms in total. The standard InChI is InChI=1S/C20H17N3O5/c1-12-6-7-15(8-13(12)2)22-18(24)11-20(19(22)25)10-17(21-28-20)14-4-3-5-16(9-14)23(26)27/h3-9H,10-11H2,1-2H3. The van der Waals surface area contributed by atoms with E-state index in [9.17, 15) is 19.7 Å². The Morgan fingerprint density at radius 3 is 2.61 bits per heavy atom. The number of carbonyl (C=O) groups is 2. The first-order valence-corrected chi connectivity index (χ1v) is 8.75. The Morgan fingerprint density at radius 2 is 1.89 bits per heavy atom. The van der Waals surface area contributed by atoms with Gasteiger partial charge >= 0.3 is 0 Å². The van der Waals surface area contributed by atoms with Crippen LogP contribution in [0.4, 0.5) is 11.4 Å². The van der Waals surface area contributed by atoms with Gasteiger partial charge in [0.25, 0.3) is 11.6 Å². The highest BCUT2D eigenvalue weighted by molar-refractivity contribution is 6.25. The summed E-state index contributed by atoms with van der Waals surface area (Å²) in [6.45, 7) is 3.86. The lowest BCUT2D eigenvalue weighted by Crippen LogP contribution is -2.40. The van der Waals surface area contributed by atoms with Crippen LogP contribution in [0.25, 0.3) is 0 Å². The number of carbonyl (C=O) groups excluding carboxylic acids is 2. The number of nitrogens with zero attached hydrogens (tertiary/aromatic N) is 3. The third-order valence-corrected chi connectivity index (χ3v) is 5.20. The van der Waals surface area contributed by atoms with Crippen LogP contribution in [0.2, 0.25) is 0 Å². The summed E-state index contributed by atoms with van der Waals surface area (Å²) in [4.78, 5) is 42.8. The molecule has 1 atom stereocenters. The Labute approximate surface area is 160 Å². The Hall–Kier alpha value is -3.55. The quantitative estimate of drug-likeness (QED) is 0.463. The van der Waals surface area contributed by atoms with Crippen LogP contribution < -0.4 is 4.90 Å². The van der Waals surface area contributed by atoms with Gasteiger partial charge in [-0.3, -0.25) is 19.7 Å². The van der Waals surface area contributed by atoms with E-state index in [0.717, 1.165) is 16.0 Å². The van der Waals surface area contributed by atoms with Crippen molar-refractivity contribution in [1.82, 2.24) is 0 Å². The van der Waals surface area contributed by atoms with Crippen LogP contribution >= 0.6 is 0 Å². The second-order valence-corrected chi connectivity index (χ2v) is 7.09. The number of hydrogen-bond acceptors (Lipinski definition) is 6. The number of non-ortho nitro benzene ring substituents is 1. The molecule has 28 heavy (non-hydrogen) atoms. The van der Waals surface area contributed by atoms with E-state index in [0.29, 0.717) is 17.0 Å². The molecule has 1 saturated heterocycles.